The van der Waals surface area contributed by atoms with Crippen LogP contribution in [0.4, 0.5) is 11.4 Å². The third kappa shape index (κ3) is 6.70. The van der Waals surface area contributed by atoms with Crippen molar-refractivity contribution >= 4 is 40.5 Å². The Hall–Kier alpha value is -2.60. The number of carbonyl (C=O) groups is 1. The molecule has 172 valence electrons. The van der Waals surface area contributed by atoms with Gasteiger partial charge in [-0.1, -0.05) is 41.4 Å². The van der Waals surface area contributed by atoms with Crippen molar-refractivity contribution in [3.05, 3.63) is 76.9 Å². The number of unbranched alkanes of at least 4 members (excludes halogenated alkanes) is 1. The van der Waals surface area contributed by atoms with Crippen molar-refractivity contribution in [2.75, 3.05) is 42.9 Å². The molecule has 0 unspecified atom stereocenters. The van der Waals surface area contributed by atoms with Crippen molar-refractivity contribution in [2.24, 2.45) is 0 Å². The number of hydrogen-bond acceptors (Lipinski definition) is 4. The number of anilines is 2. The van der Waals surface area contributed by atoms with Gasteiger partial charge in [-0.2, -0.15) is 0 Å². The molecule has 1 amide bonds. The molecule has 0 spiro atoms. The summed E-state index contributed by atoms with van der Waals surface area (Å²) in [5.41, 5.74) is 3.82. The minimum absolute atomic E-state index is 0.0581. The van der Waals surface area contributed by atoms with E-state index in [-0.39, 0.29) is 5.91 Å². The second-order valence-corrected chi connectivity index (χ2v) is 9.07. The molecule has 4 rings (SSSR count). The van der Waals surface area contributed by atoms with Crippen LogP contribution in [0.15, 0.2) is 66.9 Å². The fourth-order valence-electron chi connectivity index (χ4n) is 4.05. The van der Waals surface area contributed by atoms with Crippen LogP contribution in [0.1, 0.15) is 19.3 Å². The lowest BCUT2D eigenvalue weighted by Gasteiger charge is -2.36. The SMILES string of the molecule is O=C(CCCCN1CCN(c2ccc(Cl)cc2Cl)CC1)Nc1ccc(-c2ccccn2)cc1. The van der Waals surface area contributed by atoms with E-state index in [9.17, 15) is 4.79 Å². The number of piperazine rings is 1. The van der Waals surface area contributed by atoms with E-state index in [0.29, 0.717) is 16.5 Å². The lowest BCUT2D eigenvalue weighted by molar-refractivity contribution is -0.116. The third-order valence-electron chi connectivity index (χ3n) is 5.88. The lowest BCUT2D eigenvalue weighted by Crippen LogP contribution is -2.46. The lowest BCUT2D eigenvalue weighted by atomic mass is 10.1. The van der Waals surface area contributed by atoms with Crippen LogP contribution >= 0.6 is 23.2 Å². The van der Waals surface area contributed by atoms with Gasteiger partial charge in [-0.05, 0) is 61.9 Å². The normalized spacial score (nSPS) is 14.3. The van der Waals surface area contributed by atoms with Gasteiger partial charge in [0.25, 0.3) is 0 Å². The predicted molar refractivity (Wildman–Crippen MR) is 137 cm³/mol. The van der Waals surface area contributed by atoms with Gasteiger partial charge in [0.2, 0.25) is 5.91 Å². The molecule has 1 aliphatic rings. The molecule has 0 atom stereocenters. The molecule has 5 nitrogen and oxygen atoms in total. The highest BCUT2D eigenvalue weighted by atomic mass is 35.5. The molecule has 3 aromatic rings. The van der Waals surface area contributed by atoms with E-state index in [2.05, 4.69) is 20.1 Å². The fraction of sp³-hybridized carbons (Fsp3) is 0.308. The molecule has 2 heterocycles. The van der Waals surface area contributed by atoms with Gasteiger partial charge in [0.05, 0.1) is 16.4 Å². The fourth-order valence-corrected chi connectivity index (χ4v) is 4.58. The van der Waals surface area contributed by atoms with E-state index in [1.807, 2.05) is 54.6 Å². The van der Waals surface area contributed by atoms with Crippen molar-refractivity contribution in [2.45, 2.75) is 19.3 Å². The first-order chi connectivity index (χ1) is 16.1. The molecule has 7 heteroatoms. The number of benzene rings is 2. The number of aromatic nitrogens is 1. The van der Waals surface area contributed by atoms with Gasteiger partial charge in [0, 0.05) is 55.1 Å². The summed E-state index contributed by atoms with van der Waals surface area (Å²) >= 11 is 12.3. The maximum Gasteiger partial charge on any atom is 0.224 e. The highest BCUT2D eigenvalue weighted by molar-refractivity contribution is 6.36. The van der Waals surface area contributed by atoms with Gasteiger partial charge < -0.3 is 10.2 Å². The zero-order valence-electron chi connectivity index (χ0n) is 18.5. The summed E-state index contributed by atoms with van der Waals surface area (Å²) in [6.45, 7) is 4.88. The summed E-state index contributed by atoms with van der Waals surface area (Å²) in [7, 11) is 0. The van der Waals surface area contributed by atoms with E-state index >= 15 is 0 Å². The number of nitrogens with zero attached hydrogens (tertiary/aromatic N) is 3. The van der Waals surface area contributed by atoms with Crippen molar-refractivity contribution in [1.82, 2.24) is 9.88 Å². The van der Waals surface area contributed by atoms with Gasteiger partial charge in [-0.25, -0.2) is 0 Å². The Labute approximate surface area is 205 Å². The number of rotatable bonds is 8. The molecular formula is C26H28Cl2N4O. The Bertz CT molecular complexity index is 1050. The zero-order valence-corrected chi connectivity index (χ0v) is 20.0. The number of amides is 1. The van der Waals surface area contributed by atoms with Gasteiger partial charge in [0.1, 0.15) is 0 Å². The first kappa shape index (κ1) is 23.6. The summed E-state index contributed by atoms with van der Waals surface area (Å²) in [6, 6.07) is 19.3. The van der Waals surface area contributed by atoms with Crippen molar-refractivity contribution in [3.63, 3.8) is 0 Å². The summed E-state index contributed by atoms with van der Waals surface area (Å²) in [6.07, 6.45) is 4.19. The molecule has 1 N–H and O–H groups in total. The third-order valence-corrected chi connectivity index (χ3v) is 6.42. The van der Waals surface area contributed by atoms with Crippen molar-refractivity contribution < 1.29 is 4.79 Å². The van der Waals surface area contributed by atoms with Gasteiger partial charge in [-0.15, -0.1) is 0 Å². The Balaban J connectivity index is 1.14. The smallest absolute Gasteiger partial charge is 0.224 e. The molecule has 1 fully saturated rings. The topological polar surface area (TPSA) is 48.5 Å². The first-order valence-corrected chi connectivity index (χ1v) is 12.1. The van der Waals surface area contributed by atoms with Crippen LogP contribution in [-0.4, -0.2) is 48.5 Å². The Morgan fingerprint density at radius 1 is 0.939 bits per heavy atom. The molecule has 0 radical (unpaired) electrons. The van der Waals surface area contributed by atoms with E-state index in [4.69, 9.17) is 23.2 Å². The van der Waals surface area contributed by atoms with Gasteiger partial charge in [-0.3, -0.25) is 14.7 Å². The molecule has 0 aliphatic carbocycles. The molecule has 1 aliphatic heterocycles. The van der Waals surface area contributed by atoms with E-state index in [0.717, 1.165) is 68.2 Å². The van der Waals surface area contributed by atoms with Crippen LogP contribution < -0.4 is 10.2 Å². The standard InChI is InChI=1S/C26H28Cl2N4O/c27-21-9-12-25(23(28)19-21)32-17-15-31(16-18-32)14-4-2-6-26(33)30-22-10-7-20(8-11-22)24-5-1-3-13-29-24/h1,3,5,7-13,19H,2,4,6,14-18H2,(H,30,33). The maximum atomic E-state index is 12.3. The number of nitrogens with one attached hydrogen (secondary N) is 1. The largest absolute Gasteiger partial charge is 0.368 e. The number of pyridine rings is 1. The monoisotopic (exact) mass is 482 g/mol. The average molecular weight is 483 g/mol. The van der Waals surface area contributed by atoms with Crippen LogP contribution in [0.3, 0.4) is 0 Å². The first-order valence-electron chi connectivity index (χ1n) is 11.3. The van der Waals surface area contributed by atoms with Crippen LogP contribution in [0.5, 0.6) is 0 Å². The summed E-state index contributed by atoms with van der Waals surface area (Å²) in [5, 5.41) is 4.35. The van der Waals surface area contributed by atoms with E-state index in [1.165, 1.54) is 0 Å². The van der Waals surface area contributed by atoms with Crippen LogP contribution in [-0.2, 0) is 4.79 Å². The minimum atomic E-state index is 0.0581. The molecule has 1 saturated heterocycles. The van der Waals surface area contributed by atoms with Crippen LogP contribution in [0.2, 0.25) is 10.0 Å². The molecule has 0 saturated carbocycles. The summed E-state index contributed by atoms with van der Waals surface area (Å²) < 4.78 is 0. The minimum Gasteiger partial charge on any atom is -0.368 e. The summed E-state index contributed by atoms with van der Waals surface area (Å²) in [4.78, 5) is 21.4. The maximum absolute atomic E-state index is 12.3. The molecule has 1 aromatic heterocycles. The number of carbonyl (C=O) groups excluding carboxylic acids is 1. The predicted octanol–water partition coefficient (Wildman–Crippen LogP) is 5.99. The van der Waals surface area contributed by atoms with Crippen molar-refractivity contribution in [3.8, 4) is 11.3 Å². The average Bonchev–Trinajstić information content (AvgIpc) is 2.83. The summed E-state index contributed by atoms with van der Waals surface area (Å²) in [5.74, 6) is 0.0581. The highest BCUT2D eigenvalue weighted by Crippen LogP contribution is 2.29. The molecule has 33 heavy (non-hydrogen) atoms. The Kier molecular flexibility index (Phi) is 8.21. The molecule has 0 bridgehead atoms. The van der Waals surface area contributed by atoms with Gasteiger partial charge in [0.15, 0.2) is 0 Å². The van der Waals surface area contributed by atoms with Crippen LogP contribution in [0, 0.1) is 0 Å². The Morgan fingerprint density at radius 2 is 1.73 bits per heavy atom. The second kappa shape index (κ2) is 11.5. The van der Waals surface area contributed by atoms with Crippen molar-refractivity contribution in [1.29, 1.82) is 0 Å². The second-order valence-electron chi connectivity index (χ2n) is 8.22. The Morgan fingerprint density at radius 3 is 2.42 bits per heavy atom. The highest BCUT2D eigenvalue weighted by Gasteiger charge is 2.18. The number of hydrogen-bond donors (Lipinski definition) is 1. The quantitative estimate of drug-likeness (QED) is 0.400. The molecular weight excluding hydrogens is 455 g/mol. The van der Waals surface area contributed by atoms with E-state index < -0.39 is 0 Å². The zero-order chi connectivity index (χ0) is 23.0. The molecule has 2 aromatic carbocycles. The van der Waals surface area contributed by atoms with E-state index in [1.54, 1.807) is 12.3 Å². The van der Waals surface area contributed by atoms with Crippen LogP contribution in [0.25, 0.3) is 11.3 Å². The number of halogens is 2. The van der Waals surface area contributed by atoms with Gasteiger partial charge >= 0.3 is 0 Å².